The van der Waals surface area contributed by atoms with Crippen molar-refractivity contribution in [2.45, 2.75) is 18.4 Å². The van der Waals surface area contributed by atoms with Gasteiger partial charge in [-0.05, 0) is 18.9 Å². The minimum Gasteiger partial charge on any atom is -0.480 e. The molecule has 16 heavy (non-hydrogen) atoms. The van der Waals surface area contributed by atoms with Crippen LogP contribution in [0.1, 0.15) is 12.8 Å². The van der Waals surface area contributed by atoms with Crippen molar-refractivity contribution in [3.05, 3.63) is 24.7 Å². The maximum absolute atomic E-state index is 11.0. The molecule has 1 aliphatic carbocycles. The van der Waals surface area contributed by atoms with Crippen LogP contribution in [0, 0.1) is 0 Å². The first-order valence-corrected chi connectivity index (χ1v) is 5.01. The van der Waals surface area contributed by atoms with E-state index < -0.39 is 11.5 Å². The second-order valence-electron chi connectivity index (χ2n) is 3.95. The van der Waals surface area contributed by atoms with Crippen LogP contribution in [0.25, 0.3) is 5.52 Å². The molecule has 0 unspecified atom stereocenters. The maximum atomic E-state index is 11.0. The molecule has 2 aromatic heterocycles. The Balaban J connectivity index is 2.01. The van der Waals surface area contributed by atoms with Gasteiger partial charge in [0.25, 0.3) is 0 Å². The molecule has 0 aliphatic heterocycles. The van der Waals surface area contributed by atoms with Crippen LogP contribution in [0.4, 0.5) is 5.82 Å². The molecule has 2 heterocycles. The fraction of sp³-hybridized carbons (Fsp3) is 0.300. The summed E-state index contributed by atoms with van der Waals surface area (Å²) in [6, 6.07) is 1.80. The van der Waals surface area contributed by atoms with E-state index in [1.807, 2.05) is 0 Å². The number of aromatic nitrogens is 3. The Kier molecular flexibility index (Phi) is 1.68. The number of carboxylic acid groups (broad SMARTS) is 1. The molecule has 0 bridgehead atoms. The molecule has 1 aliphatic rings. The summed E-state index contributed by atoms with van der Waals surface area (Å²) in [5, 5.41) is 16.1. The molecule has 0 amide bonds. The Labute approximate surface area is 90.9 Å². The van der Waals surface area contributed by atoms with Crippen molar-refractivity contribution in [3.8, 4) is 0 Å². The number of nitrogens with zero attached hydrogens (tertiary/aromatic N) is 3. The summed E-state index contributed by atoms with van der Waals surface area (Å²) >= 11 is 0. The van der Waals surface area contributed by atoms with E-state index in [0.717, 1.165) is 5.52 Å². The Morgan fingerprint density at radius 2 is 2.31 bits per heavy atom. The van der Waals surface area contributed by atoms with Gasteiger partial charge in [-0.3, -0.25) is 0 Å². The number of hydrogen-bond donors (Lipinski definition) is 2. The Morgan fingerprint density at radius 3 is 3.00 bits per heavy atom. The minimum absolute atomic E-state index is 0.569. The fourth-order valence-corrected chi connectivity index (χ4v) is 1.70. The zero-order chi connectivity index (χ0) is 11.2. The van der Waals surface area contributed by atoms with Crippen LogP contribution in [0.15, 0.2) is 24.7 Å². The lowest BCUT2D eigenvalue weighted by Crippen LogP contribution is -2.31. The highest BCUT2D eigenvalue weighted by molar-refractivity contribution is 5.87. The average molecular weight is 218 g/mol. The monoisotopic (exact) mass is 218 g/mol. The van der Waals surface area contributed by atoms with Crippen LogP contribution in [-0.4, -0.2) is 31.2 Å². The fourth-order valence-electron chi connectivity index (χ4n) is 1.70. The van der Waals surface area contributed by atoms with Crippen LogP contribution >= 0.6 is 0 Å². The Hall–Kier alpha value is -2.11. The molecule has 0 radical (unpaired) electrons. The number of nitrogens with one attached hydrogen (secondary N) is 1. The second-order valence-corrected chi connectivity index (χ2v) is 3.95. The molecule has 0 atom stereocenters. The smallest absolute Gasteiger partial charge is 0.329 e. The maximum Gasteiger partial charge on any atom is 0.329 e. The third-order valence-electron chi connectivity index (χ3n) is 2.84. The molecule has 0 saturated heterocycles. The van der Waals surface area contributed by atoms with Gasteiger partial charge in [-0.25, -0.2) is 14.3 Å². The van der Waals surface area contributed by atoms with Crippen LogP contribution in [0.5, 0.6) is 0 Å². The third-order valence-corrected chi connectivity index (χ3v) is 2.84. The van der Waals surface area contributed by atoms with Crippen molar-refractivity contribution in [1.29, 1.82) is 0 Å². The number of carboxylic acids is 1. The van der Waals surface area contributed by atoms with E-state index >= 15 is 0 Å². The number of hydrogen-bond acceptors (Lipinski definition) is 4. The minimum atomic E-state index is -0.823. The molecule has 2 N–H and O–H groups in total. The van der Waals surface area contributed by atoms with Gasteiger partial charge in [0.1, 0.15) is 11.1 Å². The second kappa shape index (κ2) is 2.94. The highest BCUT2D eigenvalue weighted by atomic mass is 16.4. The molecular formula is C10H10N4O2. The Morgan fingerprint density at radius 1 is 1.50 bits per heavy atom. The summed E-state index contributed by atoms with van der Waals surface area (Å²) in [4.78, 5) is 15.2. The quantitative estimate of drug-likeness (QED) is 0.795. The predicted octanol–water partition coefficient (Wildman–Crippen LogP) is 0.758. The van der Waals surface area contributed by atoms with E-state index in [0.29, 0.717) is 18.7 Å². The van der Waals surface area contributed by atoms with Crippen molar-refractivity contribution in [1.82, 2.24) is 14.6 Å². The first-order valence-electron chi connectivity index (χ1n) is 5.01. The molecule has 82 valence electrons. The SMILES string of the molecule is O=C(O)C1(Nc2nccn3nccc23)CC1. The van der Waals surface area contributed by atoms with E-state index in [-0.39, 0.29) is 0 Å². The summed E-state index contributed by atoms with van der Waals surface area (Å²) in [5.74, 6) is -0.254. The van der Waals surface area contributed by atoms with Crippen molar-refractivity contribution >= 4 is 17.3 Å². The lowest BCUT2D eigenvalue weighted by atomic mass is 10.2. The summed E-state index contributed by atoms with van der Waals surface area (Å²) < 4.78 is 1.66. The summed E-state index contributed by atoms with van der Waals surface area (Å²) in [5.41, 5.74) is -0.0333. The van der Waals surface area contributed by atoms with Gasteiger partial charge in [0.15, 0.2) is 5.82 Å². The Bertz CT molecular complexity index is 559. The molecule has 6 nitrogen and oxygen atoms in total. The van der Waals surface area contributed by atoms with Crippen LogP contribution in [-0.2, 0) is 4.79 Å². The molecule has 3 rings (SSSR count). The van der Waals surface area contributed by atoms with Gasteiger partial charge in [0.05, 0.1) is 6.20 Å². The van der Waals surface area contributed by atoms with Crippen molar-refractivity contribution in [2.24, 2.45) is 0 Å². The highest BCUT2D eigenvalue weighted by Gasteiger charge is 2.51. The molecule has 0 aromatic carbocycles. The summed E-state index contributed by atoms with van der Waals surface area (Å²) in [6.07, 6.45) is 6.25. The van der Waals surface area contributed by atoms with E-state index in [4.69, 9.17) is 5.11 Å². The van der Waals surface area contributed by atoms with Gasteiger partial charge >= 0.3 is 5.97 Å². The number of anilines is 1. The van der Waals surface area contributed by atoms with E-state index in [1.165, 1.54) is 0 Å². The normalized spacial score (nSPS) is 17.2. The van der Waals surface area contributed by atoms with Gasteiger partial charge in [-0.15, -0.1) is 0 Å². The summed E-state index contributed by atoms with van der Waals surface area (Å²) in [6.45, 7) is 0. The predicted molar refractivity (Wildman–Crippen MR) is 56.2 cm³/mol. The van der Waals surface area contributed by atoms with Crippen LogP contribution in [0.2, 0.25) is 0 Å². The largest absolute Gasteiger partial charge is 0.480 e. The average Bonchev–Trinajstić information content (AvgIpc) is 2.89. The highest BCUT2D eigenvalue weighted by Crippen LogP contribution is 2.39. The van der Waals surface area contributed by atoms with Gasteiger partial charge in [0.2, 0.25) is 0 Å². The van der Waals surface area contributed by atoms with Crippen molar-refractivity contribution < 1.29 is 9.90 Å². The van der Waals surface area contributed by atoms with Gasteiger partial charge in [-0.2, -0.15) is 5.10 Å². The van der Waals surface area contributed by atoms with E-state index in [9.17, 15) is 4.79 Å². The van der Waals surface area contributed by atoms with Crippen LogP contribution < -0.4 is 5.32 Å². The lowest BCUT2D eigenvalue weighted by Gasteiger charge is -2.13. The molecule has 6 heteroatoms. The molecule has 1 fully saturated rings. The first-order chi connectivity index (χ1) is 7.71. The molecule has 1 saturated carbocycles. The zero-order valence-electron chi connectivity index (χ0n) is 8.42. The number of fused-ring (bicyclic) bond motifs is 1. The van der Waals surface area contributed by atoms with Crippen molar-refractivity contribution in [3.63, 3.8) is 0 Å². The lowest BCUT2D eigenvalue weighted by molar-refractivity contribution is -0.138. The van der Waals surface area contributed by atoms with Crippen LogP contribution in [0.3, 0.4) is 0 Å². The zero-order valence-corrected chi connectivity index (χ0v) is 8.42. The number of aliphatic carboxylic acids is 1. The third kappa shape index (κ3) is 1.23. The summed E-state index contributed by atoms with van der Waals surface area (Å²) in [7, 11) is 0. The molecule has 0 spiro atoms. The number of rotatable bonds is 3. The van der Waals surface area contributed by atoms with Crippen molar-refractivity contribution in [2.75, 3.05) is 5.32 Å². The van der Waals surface area contributed by atoms with Gasteiger partial charge in [-0.1, -0.05) is 0 Å². The van der Waals surface area contributed by atoms with E-state index in [2.05, 4.69) is 15.4 Å². The molecule has 2 aromatic rings. The first kappa shape index (κ1) is 9.14. The molecular weight excluding hydrogens is 208 g/mol. The number of carbonyl (C=O) groups is 1. The van der Waals surface area contributed by atoms with Gasteiger partial charge < -0.3 is 10.4 Å². The topological polar surface area (TPSA) is 79.5 Å². The van der Waals surface area contributed by atoms with Gasteiger partial charge in [0, 0.05) is 12.4 Å². The van der Waals surface area contributed by atoms with E-state index in [1.54, 1.807) is 29.2 Å². The standard InChI is InChI=1S/C10H10N4O2/c15-9(16)10(2-3-10)13-8-7-1-4-12-14(7)6-5-11-8/h1,4-6H,2-3H2,(H,11,13)(H,15,16).